The molecule has 2 aromatic carbocycles. The number of hydrogen-bond donors (Lipinski definition) is 1. The predicted molar refractivity (Wildman–Crippen MR) is 122 cm³/mol. The van der Waals surface area contributed by atoms with E-state index < -0.39 is 0 Å². The van der Waals surface area contributed by atoms with Gasteiger partial charge in [0.1, 0.15) is 5.75 Å². The monoisotopic (exact) mass is 429 g/mol. The van der Waals surface area contributed by atoms with Crippen molar-refractivity contribution in [3.8, 4) is 5.75 Å². The van der Waals surface area contributed by atoms with Crippen molar-refractivity contribution in [3.63, 3.8) is 0 Å². The van der Waals surface area contributed by atoms with Gasteiger partial charge in [-0.2, -0.15) is 0 Å². The Hall–Kier alpha value is -2.09. The molecule has 1 heterocycles. The molecule has 7 heteroatoms. The molecule has 29 heavy (non-hydrogen) atoms. The van der Waals surface area contributed by atoms with E-state index in [1.807, 2.05) is 56.6 Å². The molecule has 3 aromatic rings. The molecule has 1 aromatic heterocycles. The van der Waals surface area contributed by atoms with Crippen LogP contribution in [0.15, 0.2) is 52.9 Å². The summed E-state index contributed by atoms with van der Waals surface area (Å²) in [5.74, 6) is 1.81. The van der Waals surface area contributed by atoms with E-state index in [9.17, 15) is 4.79 Å². The SMILES string of the molecule is COc1ccccc1C(CNC(=O)CCCSc1nc2ccccc2s1)N(C)C. The summed E-state index contributed by atoms with van der Waals surface area (Å²) < 4.78 is 7.75. The third-order valence-corrected chi connectivity index (χ3v) is 6.93. The number of para-hydroxylation sites is 2. The Kier molecular flexibility index (Phi) is 7.91. The zero-order chi connectivity index (χ0) is 20.6. The zero-order valence-electron chi connectivity index (χ0n) is 17.1. The predicted octanol–water partition coefficient (Wildman–Crippen LogP) is 4.60. The Balaban J connectivity index is 1.44. The Morgan fingerprint density at radius 2 is 1.97 bits per heavy atom. The first-order chi connectivity index (χ1) is 14.1. The number of nitrogens with one attached hydrogen (secondary N) is 1. The van der Waals surface area contributed by atoms with Crippen molar-refractivity contribution in [3.05, 3.63) is 54.1 Å². The van der Waals surface area contributed by atoms with Crippen LogP contribution in [0.2, 0.25) is 0 Å². The first-order valence-corrected chi connectivity index (χ1v) is 11.4. The molecule has 0 spiro atoms. The first kappa shape index (κ1) is 21.6. The van der Waals surface area contributed by atoms with Crippen molar-refractivity contribution in [1.29, 1.82) is 0 Å². The van der Waals surface area contributed by atoms with E-state index in [-0.39, 0.29) is 11.9 Å². The van der Waals surface area contributed by atoms with Crippen molar-refractivity contribution in [2.45, 2.75) is 23.2 Å². The van der Waals surface area contributed by atoms with Crippen LogP contribution in [0.5, 0.6) is 5.75 Å². The van der Waals surface area contributed by atoms with Crippen molar-refractivity contribution in [2.75, 3.05) is 33.5 Å². The van der Waals surface area contributed by atoms with Crippen molar-refractivity contribution >= 4 is 39.2 Å². The van der Waals surface area contributed by atoms with Gasteiger partial charge in [0.2, 0.25) is 5.91 Å². The number of rotatable bonds is 10. The van der Waals surface area contributed by atoms with Gasteiger partial charge in [0, 0.05) is 24.3 Å². The van der Waals surface area contributed by atoms with Gasteiger partial charge in [0.15, 0.2) is 4.34 Å². The van der Waals surface area contributed by atoms with Crippen LogP contribution in [0.1, 0.15) is 24.4 Å². The molecule has 1 atom stereocenters. The number of fused-ring (bicyclic) bond motifs is 1. The third kappa shape index (κ3) is 5.95. The fourth-order valence-electron chi connectivity index (χ4n) is 3.12. The Bertz CT molecular complexity index is 909. The van der Waals surface area contributed by atoms with Gasteiger partial charge >= 0.3 is 0 Å². The number of carbonyl (C=O) groups is 1. The minimum Gasteiger partial charge on any atom is -0.496 e. The molecule has 1 amide bonds. The molecular weight excluding hydrogens is 402 g/mol. The number of likely N-dealkylation sites (N-methyl/N-ethyl adjacent to an activating group) is 1. The highest BCUT2D eigenvalue weighted by molar-refractivity contribution is 8.01. The Morgan fingerprint density at radius 3 is 2.72 bits per heavy atom. The van der Waals surface area contributed by atoms with Crippen molar-refractivity contribution in [2.24, 2.45) is 0 Å². The summed E-state index contributed by atoms with van der Waals surface area (Å²) in [5, 5.41) is 3.08. The Labute approximate surface area is 180 Å². The van der Waals surface area contributed by atoms with Gasteiger partial charge < -0.3 is 15.0 Å². The minimum absolute atomic E-state index is 0.0622. The molecule has 1 unspecified atom stereocenters. The number of thiazole rings is 1. The van der Waals surface area contributed by atoms with E-state index in [4.69, 9.17) is 4.74 Å². The highest BCUT2D eigenvalue weighted by Gasteiger charge is 2.18. The summed E-state index contributed by atoms with van der Waals surface area (Å²) in [4.78, 5) is 19.0. The van der Waals surface area contributed by atoms with E-state index in [0.717, 1.165) is 33.3 Å². The smallest absolute Gasteiger partial charge is 0.220 e. The fraction of sp³-hybridized carbons (Fsp3) is 0.364. The quantitative estimate of drug-likeness (QED) is 0.377. The number of carbonyl (C=O) groups excluding carboxylic acids is 1. The average Bonchev–Trinajstić information content (AvgIpc) is 3.14. The maximum absolute atomic E-state index is 12.3. The maximum atomic E-state index is 12.3. The van der Waals surface area contributed by atoms with E-state index in [2.05, 4.69) is 21.3 Å². The largest absolute Gasteiger partial charge is 0.496 e. The zero-order valence-corrected chi connectivity index (χ0v) is 18.7. The molecule has 0 radical (unpaired) electrons. The van der Waals surface area contributed by atoms with Gasteiger partial charge in [-0.3, -0.25) is 4.79 Å². The lowest BCUT2D eigenvalue weighted by Crippen LogP contribution is -2.34. The van der Waals surface area contributed by atoms with Gasteiger partial charge in [-0.05, 0) is 38.7 Å². The highest BCUT2D eigenvalue weighted by Crippen LogP contribution is 2.30. The maximum Gasteiger partial charge on any atom is 0.220 e. The number of amides is 1. The van der Waals surface area contributed by atoms with Gasteiger partial charge in [-0.25, -0.2) is 4.98 Å². The second-order valence-corrected chi connectivity index (χ2v) is 9.30. The summed E-state index contributed by atoms with van der Waals surface area (Å²) in [6.07, 6.45) is 1.34. The second kappa shape index (κ2) is 10.6. The molecule has 0 saturated heterocycles. The van der Waals surface area contributed by atoms with Gasteiger partial charge in [0.05, 0.1) is 23.4 Å². The molecule has 0 aliphatic carbocycles. The van der Waals surface area contributed by atoms with Crippen molar-refractivity contribution < 1.29 is 9.53 Å². The number of hydrogen-bond acceptors (Lipinski definition) is 6. The fourth-order valence-corrected chi connectivity index (χ4v) is 5.19. The minimum atomic E-state index is 0.0622. The third-order valence-electron chi connectivity index (χ3n) is 4.66. The highest BCUT2D eigenvalue weighted by atomic mass is 32.2. The molecule has 0 aliphatic rings. The van der Waals surface area contributed by atoms with Gasteiger partial charge in [0.25, 0.3) is 0 Å². The summed E-state index contributed by atoms with van der Waals surface area (Å²) in [5.41, 5.74) is 2.12. The molecule has 5 nitrogen and oxygen atoms in total. The van der Waals surface area contributed by atoms with Crippen LogP contribution in [-0.4, -0.2) is 49.3 Å². The summed E-state index contributed by atoms with van der Waals surface area (Å²) in [6, 6.07) is 16.2. The number of benzene rings is 2. The molecule has 0 fully saturated rings. The lowest BCUT2D eigenvalue weighted by molar-refractivity contribution is -0.121. The lowest BCUT2D eigenvalue weighted by atomic mass is 10.0. The van der Waals surface area contributed by atoms with Crippen LogP contribution in [-0.2, 0) is 4.79 Å². The summed E-state index contributed by atoms with van der Waals surface area (Å²) >= 11 is 3.43. The van der Waals surface area contributed by atoms with Crippen LogP contribution >= 0.6 is 23.1 Å². The van der Waals surface area contributed by atoms with E-state index >= 15 is 0 Å². The molecule has 154 valence electrons. The number of nitrogens with zero attached hydrogens (tertiary/aromatic N) is 2. The summed E-state index contributed by atoms with van der Waals surface area (Å²) in [7, 11) is 5.70. The van der Waals surface area contributed by atoms with Crippen LogP contribution in [0.4, 0.5) is 0 Å². The van der Waals surface area contributed by atoms with E-state index in [0.29, 0.717) is 13.0 Å². The summed E-state index contributed by atoms with van der Waals surface area (Å²) in [6.45, 7) is 0.553. The van der Waals surface area contributed by atoms with Gasteiger partial charge in [-0.1, -0.05) is 42.1 Å². The number of aromatic nitrogens is 1. The molecule has 0 saturated carbocycles. The molecule has 1 N–H and O–H groups in total. The second-order valence-electron chi connectivity index (χ2n) is 6.92. The number of methoxy groups -OCH3 is 1. The standard InChI is InChI=1S/C22H27N3O2S2/c1-25(2)18(16-9-4-6-11-19(16)27-3)15-23-21(26)13-8-14-28-22-24-17-10-5-7-12-20(17)29-22/h4-7,9-12,18H,8,13-15H2,1-3H3,(H,23,26). The van der Waals surface area contributed by atoms with Crippen LogP contribution in [0.3, 0.4) is 0 Å². The van der Waals surface area contributed by atoms with Crippen LogP contribution < -0.4 is 10.1 Å². The molecular formula is C22H27N3O2S2. The lowest BCUT2D eigenvalue weighted by Gasteiger charge is -2.26. The molecule has 0 bridgehead atoms. The van der Waals surface area contributed by atoms with Crippen LogP contribution in [0, 0.1) is 0 Å². The van der Waals surface area contributed by atoms with Crippen LogP contribution in [0.25, 0.3) is 10.2 Å². The van der Waals surface area contributed by atoms with Gasteiger partial charge in [-0.15, -0.1) is 11.3 Å². The first-order valence-electron chi connectivity index (χ1n) is 9.63. The van der Waals surface area contributed by atoms with E-state index in [1.165, 1.54) is 4.70 Å². The number of thioether (sulfide) groups is 1. The normalized spacial score (nSPS) is 12.3. The topological polar surface area (TPSA) is 54.5 Å². The average molecular weight is 430 g/mol. The van der Waals surface area contributed by atoms with Crippen molar-refractivity contribution in [1.82, 2.24) is 15.2 Å². The van der Waals surface area contributed by atoms with E-state index in [1.54, 1.807) is 30.2 Å². The Morgan fingerprint density at radius 1 is 1.21 bits per heavy atom. The number of ether oxygens (including phenoxy) is 1. The molecule has 3 rings (SSSR count). The molecule has 0 aliphatic heterocycles.